The van der Waals surface area contributed by atoms with Crippen LogP contribution in [0.15, 0.2) is 60.3 Å². The van der Waals surface area contributed by atoms with Gasteiger partial charge in [0.25, 0.3) is 5.91 Å². The van der Waals surface area contributed by atoms with Gasteiger partial charge in [-0.05, 0) is 42.8 Å². The van der Waals surface area contributed by atoms with E-state index < -0.39 is 33.3 Å². The van der Waals surface area contributed by atoms with Crippen LogP contribution in [-0.4, -0.2) is 33.0 Å². The summed E-state index contributed by atoms with van der Waals surface area (Å²) in [4.78, 5) is 12.9. The lowest BCUT2D eigenvalue weighted by molar-refractivity contribution is -0.274. The Kier molecular flexibility index (Phi) is 7.44. The van der Waals surface area contributed by atoms with Gasteiger partial charge in [0.1, 0.15) is 23.0 Å². The van der Waals surface area contributed by atoms with Crippen LogP contribution >= 0.6 is 11.6 Å². The molecule has 8 nitrogen and oxygen atoms in total. The van der Waals surface area contributed by atoms with Crippen molar-refractivity contribution in [3.63, 3.8) is 0 Å². The third-order valence-electron chi connectivity index (χ3n) is 4.50. The molecule has 1 amide bonds. The summed E-state index contributed by atoms with van der Waals surface area (Å²) in [7, 11) is -2.48. The molecule has 182 valence electrons. The van der Waals surface area contributed by atoms with E-state index in [1.807, 2.05) is 0 Å². The molecule has 2 aromatic rings. The molecule has 0 saturated carbocycles. The summed E-state index contributed by atoms with van der Waals surface area (Å²) >= 11 is 6.15. The molecule has 0 aliphatic heterocycles. The molecule has 0 spiro atoms. The second-order valence-electron chi connectivity index (χ2n) is 6.95. The number of carbonyl (C=O) groups excluding carboxylic acids is 1. The number of hydrogen-bond acceptors (Lipinski definition) is 6. The lowest BCUT2D eigenvalue weighted by atomic mass is 10.1. The number of alkyl halides is 3. The summed E-state index contributed by atoms with van der Waals surface area (Å²) in [6.45, 7) is 0. The molecule has 0 aromatic heterocycles. The number of rotatable bonds is 7. The Labute approximate surface area is 197 Å². The Hall–Kier alpha value is -3.22. The van der Waals surface area contributed by atoms with Crippen molar-refractivity contribution >= 4 is 27.5 Å². The van der Waals surface area contributed by atoms with Crippen LogP contribution in [0.25, 0.3) is 0 Å². The first-order valence-corrected chi connectivity index (χ1v) is 11.5. The molecule has 0 fully saturated rings. The van der Waals surface area contributed by atoms with Gasteiger partial charge in [-0.15, -0.1) is 13.2 Å². The zero-order chi connectivity index (χ0) is 25.1. The zero-order valence-electron chi connectivity index (χ0n) is 17.4. The normalized spacial score (nSPS) is 15.9. The minimum Gasteiger partial charge on any atom is -0.497 e. The molecule has 1 unspecified atom stereocenters. The van der Waals surface area contributed by atoms with E-state index in [0.717, 1.165) is 18.2 Å². The molecule has 1 atom stereocenters. The van der Waals surface area contributed by atoms with E-state index in [2.05, 4.69) is 10.1 Å². The van der Waals surface area contributed by atoms with Crippen LogP contribution in [0.2, 0.25) is 5.02 Å². The average Bonchev–Trinajstić information content (AvgIpc) is 2.73. The summed E-state index contributed by atoms with van der Waals surface area (Å²) in [6, 6.07) is 7.20. The standard InChI is InChI=1S/C21H18ClF3N2O6S/c1-31-13-6-8-18(17(22)10-13)32-19-11-14(33-21(23,24)25)5-7-16(19)20(28)27-12-3-2-4-15(9-12)34(26,29)30/h2-3,5-11,15H,4H2,1H3,(H,27,28)(H2,26,29,30). The van der Waals surface area contributed by atoms with Gasteiger partial charge in [0.2, 0.25) is 10.0 Å². The quantitative estimate of drug-likeness (QED) is 0.565. The van der Waals surface area contributed by atoms with Gasteiger partial charge in [-0.2, -0.15) is 0 Å². The van der Waals surface area contributed by atoms with Crippen molar-refractivity contribution in [2.24, 2.45) is 5.14 Å². The maximum absolute atomic E-state index is 12.9. The summed E-state index contributed by atoms with van der Waals surface area (Å²) in [5.41, 5.74) is -0.0345. The second kappa shape index (κ2) is 9.95. The number of carbonyl (C=O) groups is 1. The number of nitrogens with one attached hydrogen (secondary N) is 1. The largest absolute Gasteiger partial charge is 0.573 e. The van der Waals surface area contributed by atoms with Gasteiger partial charge in [-0.25, -0.2) is 13.6 Å². The van der Waals surface area contributed by atoms with E-state index in [1.165, 1.54) is 43.5 Å². The summed E-state index contributed by atoms with van der Waals surface area (Å²) < 4.78 is 75.9. The lowest BCUT2D eigenvalue weighted by Gasteiger charge is -2.18. The van der Waals surface area contributed by atoms with Gasteiger partial charge < -0.3 is 19.5 Å². The molecule has 1 aliphatic rings. The topological polar surface area (TPSA) is 117 Å². The first-order valence-electron chi connectivity index (χ1n) is 9.48. The second-order valence-corrected chi connectivity index (χ2v) is 9.14. The third-order valence-corrected chi connectivity index (χ3v) is 5.97. The maximum atomic E-state index is 12.9. The van der Waals surface area contributed by atoms with E-state index in [9.17, 15) is 26.4 Å². The van der Waals surface area contributed by atoms with Gasteiger partial charge in [0, 0.05) is 17.8 Å². The molecule has 3 rings (SSSR count). The molecule has 1 aliphatic carbocycles. The summed E-state index contributed by atoms with van der Waals surface area (Å²) in [5.74, 6) is -1.27. The molecule has 0 bridgehead atoms. The highest BCUT2D eigenvalue weighted by Crippen LogP contribution is 2.36. The van der Waals surface area contributed by atoms with Gasteiger partial charge in [0.05, 0.1) is 22.9 Å². The minimum absolute atomic E-state index is 0.0340. The number of amides is 1. The molecule has 3 N–H and O–H groups in total. The van der Waals surface area contributed by atoms with Gasteiger partial charge in [-0.1, -0.05) is 17.7 Å². The predicted molar refractivity (Wildman–Crippen MR) is 117 cm³/mol. The average molecular weight is 519 g/mol. The van der Waals surface area contributed by atoms with E-state index in [-0.39, 0.29) is 34.2 Å². The first kappa shape index (κ1) is 25.4. The number of nitrogens with two attached hydrogens (primary N) is 1. The molecule has 0 heterocycles. The number of methoxy groups -OCH3 is 1. The fraction of sp³-hybridized carbons (Fsp3) is 0.190. The number of sulfonamides is 1. The van der Waals surface area contributed by atoms with E-state index in [1.54, 1.807) is 0 Å². The van der Waals surface area contributed by atoms with Crippen molar-refractivity contribution in [3.05, 3.63) is 70.9 Å². The molecular formula is C21H18ClF3N2O6S. The van der Waals surface area contributed by atoms with Crippen molar-refractivity contribution in [3.8, 4) is 23.0 Å². The Morgan fingerprint density at radius 3 is 2.47 bits per heavy atom. The SMILES string of the molecule is COc1ccc(Oc2cc(OC(F)(F)F)ccc2C(=O)NC2=CC(S(N)(=O)=O)CC=C2)c(Cl)c1. The fourth-order valence-electron chi connectivity index (χ4n) is 2.95. The zero-order valence-corrected chi connectivity index (χ0v) is 19.0. The summed E-state index contributed by atoms with van der Waals surface area (Å²) in [6.07, 6.45) is -0.596. The number of benzene rings is 2. The molecule has 34 heavy (non-hydrogen) atoms. The maximum Gasteiger partial charge on any atom is 0.573 e. The van der Waals surface area contributed by atoms with E-state index in [0.29, 0.717) is 5.75 Å². The highest BCUT2D eigenvalue weighted by atomic mass is 35.5. The lowest BCUT2D eigenvalue weighted by Crippen LogP contribution is -2.31. The van der Waals surface area contributed by atoms with Crippen LogP contribution in [0.4, 0.5) is 13.2 Å². The molecule has 13 heteroatoms. The predicted octanol–water partition coefficient (Wildman–Crippen LogP) is 4.27. The van der Waals surface area contributed by atoms with Crippen LogP contribution in [0.1, 0.15) is 16.8 Å². The van der Waals surface area contributed by atoms with E-state index >= 15 is 0 Å². The van der Waals surface area contributed by atoms with Gasteiger partial charge in [-0.3, -0.25) is 4.79 Å². The van der Waals surface area contributed by atoms with Crippen LogP contribution in [0.5, 0.6) is 23.0 Å². The third kappa shape index (κ3) is 6.65. The van der Waals surface area contributed by atoms with Crippen LogP contribution < -0.4 is 24.7 Å². The highest BCUT2D eigenvalue weighted by Gasteiger charge is 2.32. The summed E-state index contributed by atoms with van der Waals surface area (Å²) in [5, 5.41) is 6.68. The Morgan fingerprint density at radius 2 is 1.85 bits per heavy atom. The first-order chi connectivity index (χ1) is 15.9. The Morgan fingerprint density at radius 1 is 1.15 bits per heavy atom. The number of ether oxygens (including phenoxy) is 3. The fourth-order valence-corrected chi connectivity index (χ4v) is 3.87. The van der Waals surface area contributed by atoms with Crippen molar-refractivity contribution in [2.45, 2.75) is 18.0 Å². The smallest absolute Gasteiger partial charge is 0.497 e. The van der Waals surface area contributed by atoms with Crippen molar-refractivity contribution < 1.29 is 40.6 Å². The van der Waals surface area contributed by atoms with Crippen molar-refractivity contribution in [1.82, 2.24) is 5.32 Å². The Bertz CT molecular complexity index is 1260. The highest BCUT2D eigenvalue weighted by molar-refractivity contribution is 7.89. The van der Waals surface area contributed by atoms with E-state index in [4.69, 9.17) is 26.2 Å². The number of allylic oxidation sites excluding steroid dienone is 2. The number of primary sulfonamides is 1. The van der Waals surface area contributed by atoms with Crippen molar-refractivity contribution in [1.29, 1.82) is 0 Å². The van der Waals surface area contributed by atoms with Crippen molar-refractivity contribution in [2.75, 3.05) is 7.11 Å². The Balaban J connectivity index is 1.95. The molecule has 0 saturated heterocycles. The van der Waals surface area contributed by atoms with Crippen LogP contribution in [-0.2, 0) is 10.0 Å². The number of hydrogen-bond donors (Lipinski definition) is 2. The van der Waals surface area contributed by atoms with Gasteiger partial charge >= 0.3 is 6.36 Å². The molecular weight excluding hydrogens is 501 g/mol. The molecule has 2 aromatic carbocycles. The number of halogens is 4. The van der Waals surface area contributed by atoms with Crippen LogP contribution in [0.3, 0.4) is 0 Å². The van der Waals surface area contributed by atoms with Gasteiger partial charge in [0.15, 0.2) is 0 Å². The van der Waals surface area contributed by atoms with Crippen LogP contribution in [0, 0.1) is 0 Å². The minimum atomic E-state index is -4.97. The molecule has 0 radical (unpaired) electrons. The monoisotopic (exact) mass is 518 g/mol.